The molecule has 0 saturated carbocycles. The zero-order chi connectivity index (χ0) is 14.4. The van der Waals surface area contributed by atoms with Crippen LogP contribution in [-0.2, 0) is 16.9 Å². The SMILES string of the molecule is CC(O)(CNC(=O)OCc1ccccc1)c1cccs1. The first-order valence-electron chi connectivity index (χ1n) is 6.29. The van der Waals surface area contributed by atoms with E-state index in [0.717, 1.165) is 10.4 Å². The number of alkyl carbamates (subject to hydrolysis) is 1. The Morgan fingerprint density at radius 2 is 2.05 bits per heavy atom. The largest absolute Gasteiger partial charge is 0.445 e. The van der Waals surface area contributed by atoms with E-state index < -0.39 is 11.7 Å². The van der Waals surface area contributed by atoms with Gasteiger partial charge in [-0.05, 0) is 23.9 Å². The van der Waals surface area contributed by atoms with Crippen molar-refractivity contribution in [3.8, 4) is 0 Å². The Balaban J connectivity index is 1.78. The Labute approximate surface area is 122 Å². The molecule has 0 aliphatic carbocycles. The zero-order valence-corrected chi connectivity index (χ0v) is 12.0. The van der Waals surface area contributed by atoms with Crippen LogP contribution in [0.15, 0.2) is 47.8 Å². The second kappa shape index (κ2) is 6.54. The summed E-state index contributed by atoms with van der Waals surface area (Å²) in [5.41, 5.74) is -0.160. The highest BCUT2D eigenvalue weighted by molar-refractivity contribution is 7.10. The normalized spacial score (nSPS) is 13.5. The van der Waals surface area contributed by atoms with Gasteiger partial charge in [0.1, 0.15) is 12.2 Å². The van der Waals surface area contributed by atoms with E-state index in [0.29, 0.717) is 0 Å². The molecule has 1 unspecified atom stereocenters. The molecule has 0 bridgehead atoms. The minimum Gasteiger partial charge on any atom is -0.445 e. The Hall–Kier alpha value is -1.85. The van der Waals surface area contributed by atoms with Crippen molar-refractivity contribution in [3.63, 3.8) is 0 Å². The number of benzene rings is 1. The van der Waals surface area contributed by atoms with Crippen LogP contribution in [0.3, 0.4) is 0 Å². The van der Waals surface area contributed by atoms with Gasteiger partial charge in [0.25, 0.3) is 0 Å². The molecule has 1 atom stereocenters. The summed E-state index contributed by atoms with van der Waals surface area (Å²) >= 11 is 1.45. The van der Waals surface area contributed by atoms with E-state index in [1.165, 1.54) is 11.3 Å². The number of nitrogens with one attached hydrogen (secondary N) is 1. The van der Waals surface area contributed by atoms with E-state index in [2.05, 4.69) is 5.32 Å². The minimum absolute atomic E-state index is 0.112. The molecular formula is C15H17NO3S. The van der Waals surface area contributed by atoms with Crippen LogP contribution in [0.1, 0.15) is 17.4 Å². The number of carbonyl (C=O) groups is 1. The van der Waals surface area contributed by atoms with Crippen LogP contribution in [-0.4, -0.2) is 17.7 Å². The molecule has 106 valence electrons. The topological polar surface area (TPSA) is 58.6 Å². The lowest BCUT2D eigenvalue weighted by atomic mass is 10.1. The van der Waals surface area contributed by atoms with Crippen molar-refractivity contribution >= 4 is 17.4 Å². The van der Waals surface area contributed by atoms with Crippen LogP contribution >= 0.6 is 11.3 Å². The zero-order valence-electron chi connectivity index (χ0n) is 11.2. The summed E-state index contributed by atoms with van der Waals surface area (Å²) in [5.74, 6) is 0. The molecule has 0 fully saturated rings. The standard InChI is InChI=1S/C15H17NO3S/c1-15(18,13-8-5-9-20-13)11-16-14(17)19-10-12-6-3-2-4-7-12/h2-9,18H,10-11H2,1H3,(H,16,17). The van der Waals surface area contributed by atoms with Crippen LogP contribution < -0.4 is 5.32 Å². The molecule has 0 aliphatic rings. The highest BCUT2D eigenvalue weighted by Crippen LogP contribution is 2.24. The summed E-state index contributed by atoms with van der Waals surface area (Å²) in [6, 6.07) is 13.1. The van der Waals surface area contributed by atoms with Gasteiger partial charge in [-0.3, -0.25) is 0 Å². The predicted octanol–water partition coefficient (Wildman–Crippen LogP) is 2.88. The van der Waals surface area contributed by atoms with E-state index in [1.807, 2.05) is 47.8 Å². The van der Waals surface area contributed by atoms with Gasteiger partial charge in [-0.1, -0.05) is 36.4 Å². The first-order valence-corrected chi connectivity index (χ1v) is 7.17. The molecule has 5 heteroatoms. The van der Waals surface area contributed by atoms with Crippen molar-refractivity contribution < 1.29 is 14.6 Å². The minimum atomic E-state index is -1.08. The first-order chi connectivity index (χ1) is 9.58. The Kier molecular flexibility index (Phi) is 4.76. The fourth-order valence-electron chi connectivity index (χ4n) is 1.69. The van der Waals surface area contributed by atoms with E-state index >= 15 is 0 Å². The van der Waals surface area contributed by atoms with E-state index in [-0.39, 0.29) is 13.2 Å². The highest BCUT2D eigenvalue weighted by Gasteiger charge is 2.25. The third kappa shape index (κ3) is 4.08. The predicted molar refractivity (Wildman–Crippen MR) is 78.5 cm³/mol. The monoisotopic (exact) mass is 291 g/mol. The second-order valence-electron chi connectivity index (χ2n) is 4.67. The van der Waals surface area contributed by atoms with Gasteiger partial charge in [-0.2, -0.15) is 0 Å². The lowest BCUT2D eigenvalue weighted by Crippen LogP contribution is -2.38. The lowest BCUT2D eigenvalue weighted by Gasteiger charge is -2.22. The first kappa shape index (κ1) is 14.6. The molecule has 20 heavy (non-hydrogen) atoms. The molecule has 1 aromatic heterocycles. The number of hydrogen-bond donors (Lipinski definition) is 2. The van der Waals surface area contributed by atoms with Gasteiger partial charge >= 0.3 is 6.09 Å². The van der Waals surface area contributed by atoms with Crippen LogP contribution in [0.25, 0.3) is 0 Å². The number of amides is 1. The van der Waals surface area contributed by atoms with Gasteiger partial charge in [0.2, 0.25) is 0 Å². The van der Waals surface area contributed by atoms with Crippen LogP contribution in [0.2, 0.25) is 0 Å². The maximum absolute atomic E-state index is 11.6. The third-order valence-electron chi connectivity index (χ3n) is 2.84. The van der Waals surface area contributed by atoms with Gasteiger partial charge in [0.05, 0.1) is 6.54 Å². The van der Waals surface area contributed by atoms with E-state index in [9.17, 15) is 9.90 Å². The number of aliphatic hydroxyl groups is 1. The Morgan fingerprint density at radius 1 is 1.30 bits per heavy atom. The molecule has 1 aromatic carbocycles. The number of thiophene rings is 1. The summed E-state index contributed by atoms with van der Waals surface area (Å²) in [6.07, 6.45) is -0.536. The summed E-state index contributed by atoms with van der Waals surface area (Å²) in [6.45, 7) is 1.99. The molecule has 2 aromatic rings. The summed E-state index contributed by atoms with van der Waals surface area (Å²) in [5, 5.41) is 14.7. The fourth-order valence-corrected chi connectivity index (χ4v) is 2.48. The molecule has 1 amide bonds. The van der Waals surface area contributed by atoms with Crippen molar-refractivity contribution in [2.24, 2.45) is 0 Å². The number of carbonyl (C=O) groups excluding carboxylic acids is 1. The number of rotatable bonds is 5. The lowest BCUT2D eigenvalue weighted by molar-refractivity contribution is 0.0563. The molecule has 4 nitrogen and oxygen atoms in total. The molecule has 0 aliphatic heterocycles. The smallest absolute Gasteiger partial charge is 0.407 e. The third-order valence-corrected chi connectivity index (χ3v) is 3.96. The Morgan fingerprint density at radius 3 is 2.70 bits per heavy atom. The number of ether oxygens (including phenoxy) is 1. The molecule has 0 saturated heterocycles. The van der Waals surface area contributed by atoms with E-state index in [4.69, 9.17) is 4.74 Å². The van der Waals surface area contributed by atoms with Gasteiger partial charge in [0.15, 0.2) is 0 Å². The quantitative estimate of drug-likeness (QED) is 0.890. The average Bonchev–Trinajstić information content (AvgIpc) is 2.99. The molecule has 0 radical (unpaired) electrons. The van der Waals surface area contributed by atoms with Crippen molar-refractivity contribution in [1.82, 2.24) is 5.32 Å². The molecular weight excluding hydrogens is 274 g/mol. The second-order valence-corrected chi connectivity index (χ2v) is 5.61. The van der Waals surface area contributed by atoms with Crippen molar-refractivity contribution in [2.75, 3.05) is 6.54 Å². The highest BCUT2D eigenvalue weighted by atomic mass is 32.1. The van der Waals surface area contributed by atoms with Crippen LogP contribution in [0.5, 0.6) is 0 Å². The van der Waals surface area contributed by atoms with Crippen molar-refractivity contribution in [1.29, 1.82) is 0 Å². The maximum Gasteiger partial charge on any atom is 0.407 e. The number of hydrogen-bond acceptors (Lipinski definition) is 4. The van der Waals surface area contributed by atoms with Crippen LogP contribution in [0, 0.1) is 0 Å². The van der Waals surface area contributed by atoms with Gasteiger partial charge in [-0.25, -0.2) is 4.79 Å². The van der Waals surface area contributed by atoms with Gasteiger partial charge < -0.3 is 15.2 Å². The maximum atomic E-state index is 11.6. The van der Waals surface area contributed by atoms with Gasteiger partial charge in [-0.15, -0.1) is 11.3 Å². The van der Waals surface area contributed by atoms with E-state index in [1.54, 1.807) is 6.92 Å². The summed E-state index contributed by atoms with van der Waals surface area (Å²) in [4.78, 5) is 12.4. The van der Waals surface area contributed by atoms with Crippen molar-refractivity contribution in [2.45, 2.75) is 19.1 Å². The summed E-state index contributed by atoms with van der Waals surface area (Å²) in [7, 11) is 0. The molecule has 2 rings (SSSR count). The Bertz CT molecular complexity index is 538. The van der Waals surface area contributed by atoms with Crippen molar-refractivity contribution in [3.05, 3.63) is 58.3 Å². The van der Waals surface area contributed by atoms with Crippen LogP contribution in [0.4, 0.5) is 4.79 Å². The van der Waals surface area contributed by atoms with Gasteiger partial charge in [0, 0.05) is 4.88 Å². The summed E-state index contributed by atoms with van der Waals surface area (Å²) < 4.78 is 5.08. The molecule has 1 heterocycles. The fraction of sp³-hybridized carbons (Fsp3) is 0.267. The average molecular weight is 291 g/mol. The molecule has 0 spiro atoms. The molecule has 2 N–H and O–H groups in total.